The lowest BCUT2D eigenvalue weighted by Gasteiger charge is -2.40. The van der Waals surface area contributed by atoms with Crippen molar-refractivity contribution >= 4 is 28.9 Å². The van der Waals surface area contributed by atoms with E-state index < -0.39 is 114 Å². The van der Waals surface area contributed by atoms with Crippen LogP contribution in [0.1, 0.15) is 20.8 Å². The van der Waals surface area contributed by atoms with Gasteiger partial charge in [0.1, 0.15) is 65.3 Å². The second-order valence-electron chi connectivity index (χ2n) is 11.4. The van der Waals surface area contributed by atoms with Crippen LogP contribution in [0.3, 0.4) is 0 Å². The zero-order valence-corrected chi connectivity index (χ0v) is 26.7. The molecule has 18 nitrogen and oxygen atoms in total. The molecule has 2 aliphatic heterocycles. The Hall–Kier alpha value is -4.98. The number of benzene rings is 2. The lowest BCUT2D eigenvalue weighted by atomic mass is 9.99. The number of aromatic hydroxyl groups is 3. The van der Waals surface area contributed by atoms with Crippen LogP contribution in [0.15, 0.2) is 45.6 Å². The molecule has 0 saturated carbocycles. The molecule has 3 aromatic rings. The third-order valence-corrected chi connectivity index (χ3v) is 7.70. The van der Waals surface area contributed by atoms with Crippen molar-refractivity contribution in [1.29, 1.82) is 0 Å². The quantitative estimate of drug-likeness (QED) is 0.119. The van der Waals surface area contributed by atoms with Crippen LogP contribution in [0.4, 0.5) is 0 Å². The van der Waals surface area contributed by atoms with Gasteiger partial charge in [-0.1, -0.05) is 0 Å². The third-order valence-electron chi connectivity index (χ3n) is 7.70. The van der Waals surface area contributed by atoms with E-state index in [0.29, 0.717) is 0 Å². The number of aliphatic hydroxyl groups is 3. The Morgan fingerprint density at radius 2 is 1.38 bits per heavy atom. The van der Waals surface area contributed by atoms with Gasteiger partial charge in [0.2, 0.25) is 17.5 Å². The molecule has 0 amide bonds. The van der Waals surface area contributed by atoms with Gasteiger partial charge < -0.3 is 68.2 Å². The fourth-order valence-electron chi connectivity index (χ4n) is 5.45. The van der Waals surface area contributed by atoms with Crippen LogP contribution in [-0.2, 0) is 42.8 Å². The molecule has 2 fully saturated rings. The molecule has 2 saturated heterocycles. The Labute approximate surface area is 281 Å². The lowest BCUT2D eigenvalue weighted by Crippen LogP contribution is -2.60. The number of phenols is 3. The number of hydrogen-bond donors (Lipinski definition) is 6. The highest BCUT2D eigenvalue weighted by Gasteiger charge is 2.52. The van der Waals surface area contributed by atoms with Crippen LogP contribution >= 0.6 is 0 Å². The molecule has 3 heterocycles. The van der Waals surface area contributed by atoms with Crippen molar-refractivity contribution in [2.45, 2.75) is 76.1 Å². The Morgan fingerprint density at radius 1 is 0.740 bits per heavy atom. The van der Waals surface area contributed by atoms with Gasteiger partial charge in [-0.3, -0.25) is 19.2 Å². The fraction of sp³-hybridized carbons (Fsp3) is 0.438. The predicted octanol–water partition coefficient (Wildman–Crippen LogP) is -0.0688. The van der Waals surface area contributed by atoms with E-state index in [4.69, 9.17) is 37.6 Å². The molecule has 2 aliphatic rings. The number of rotatable bonds is 10. The second kappa shape index (κ2) is 14.9. The number of phenolic OH excluding ortho intramolecular Hbond substituents is 3. The Bertz CT molecular complexity index is 1790. The summed E-state index contributed by atoms with van der Waals surface area (Å²) in [5.74, 6) is -4.38. The molecule has 0 radical (unpaired) electrons. The first-order chi connectivity index (χ1) is 23.6. The van der Waals surface area contributed by atoms with Crippen LogP contribution in [0, 0.1) is 0 Å². The largest absolute Gasteiger partial charge is 0.508 e. The molecule has 50 heavy (non-hydrogen) atoms. The van der Waals surface area contributed by atoms with Gasteiger partial charge in [0.05, 0.1) is 6.61 Å². The first-order valence-corrected chi connectivity index (χ1v) is 15.1. The van der Waals surface area contributed by atoms with E-state index in [-0.39, 0.29) is 22.7 Å². The standard InChI is InChI=1S/C32H34O18/c1-12(33)43-11-21-28(45-13(2)34)30(46-14(3)35)32(49-21)44-10-20-23(39)25(41)26(42)31(48-20)50-29-24(40)22-18(38)8-17(37)9-19(22)47-27(29)15-4-6-16(36)7-5-15/h4-9,20-21,23,25-26,28,30-32,36-39,41-42H,10-11H2,1-3H3/t20-,21+,23+,25+,26-,28-,30+,31-,32+/m0/s1. The topological polar surface area (TPSA) is 267 Å². The Kier molecular flexibility index (Phi) is 10.8. The first-order valence-electron chi connectivity index (χ1n) is 15.1. The smallest absolute Gasteiger partial charge is 0.303 e. The first kappa shape index (κ1) is 36.3. The van der Waals surface area contributed by atoms with Gasteiger partial charge in [-0.25, -0.2) is 0 Å². The van der Waals surface area contributed by atoms with E-state index in [9.17, 15) is 49.8 Å². The molecule has 0 bridgehead atoms. The number of ether oxygens (including phenoxy) is 7. The molecule has 1 aromatic heterocycles. The number of hydrogen-bond acceptors (Lipinski definition) is 18. The summed E-state index contributed by atoms with van der Waals surface area (Å²) in [6, 6.07) is 7.24. The van der Waals surface area contributed by atoms with Gasteiger partial charge in [0.15, 0.2) is 24.3 Å². The van der Waals surface area contributed by atoms with E-state index in [1.54, 1.807) is 0 Å². The van der Waals surface area contributed by atoms with Crippen LogP contribution in [0.25, 0.3) is 22.3 Å². The van der Waals surface area contributed by atoms with E-state index in [1.165, 1.54) is 24.3 Å². The highest BCUT2D eigenvalue weighted by Crippen LogP contribution is 2.38. The monoisotopic (exact) mass is 706 g/mol. The SMILES string of the molecule is CC(=O)OC[C@H]1O[C@@H](OC[C@@H]2O[C@@H](Oc3c(-c4ccc(O)cc4)oc4cc(O)cc(O)c4c3=O)[C@@H](O)[C@H](O)[C@@H]2O)[C@H](OC(C)=O)[C@H]1OC(C)=O. The van der Waals surface area contributed by atoms with Crippen molar-refractivity contribution in [3.05, 3.63) is 46.6 Å². The normalized spacial score (nSPS) is 27.8. The summed E-state index contributed by atoms with van der Waals surface area (Å²) >= 11 is 0. The summed E-state index contributed by atoms with van der Waals surface area (Å²) in [5.41, 5.74) is -1.05. The molecule has 5 rings (SSSR count). The summed E-state index contributed by atoms with van der Waals surface area (Å²) in [5, 5.41) is 62.2. The molecule has 18 heteroatoms. The zero-order valence-electron chi connectivity index (χ0n) is 26.7. The Balaban J connectivity index is 1.43. The zero-order chi connectivity index (χ0) is 36.4. The van der Waals surface area contributed by atoms with Crippen molar-refractivity contribution in [3.8, 4) is 34.3 Å². The summed E-state index contributed by atoms with van der Waals surface area (Å²) in [6.07, 6.45) is -14.5. The molecule has 0 aliphatic carbocycles. The van der Waals surface area contributed by atoms with Gasteiger partial charge in [-0.05, 0) is 24.3 Å². The number of carbonyl (C=O) groups excluding carboxylic acids is 3. The highest BCUT2D eigenvalue weighted by atomic mass is 16.8. The predicted molar refractivity (Wildman–Crippen MR) is 163 cm³/mol. The molecule has 0 unspecified atom stereocenters. The summed E-state index contributed by atoms with van der Waals surface area (Å²) in [6.45, 7) is 2.25. The van der Waals surface area contributed by atoms with E-state index in [1.807, 2.05) is 0 Å². The number of aliphatic hydroxyl groups excluding tert-OH is 3. The summed E-state index contributed by atoms with van der Waals surface area (Å²) in [7, 11) is 0. The van der Waals surface area contributed by atoms with Crippen LogP contribution in [-0.4, -0.2) is 117 Å². The van der Waals surface area contributed by atoms with Gasteiger partial charge in [0.25, 0.3) is 0 Å². The Morgan fingerprint density at radius 3 is 2.02 bits per heavy atom. The van der Waals surface area contributed by atoms with Gasteiger partial charge >= 0.3 is 17.9 Å². The van der Waals surface area contributed by atoms with E-state index in [0.717, 1.165) is 32.9 Å². The molecular weight excluding hydrogens is 672 g/mol. The maximum Gasteiger partial charge on any atom is 0.303 e. The average molecular weight is 707 g/mol. The van der Waals surface area contributed by atoms with Gasteiger partial charge in [0, 0.05) is 38.5 Å². The summed E-state index contributed by atoms with van der Waals surface area (Å²) in [4.78, 5) is 48.9. The fourth-order valence-corrected chi connectivity index (χ4v) is 5.45. The maximum absolute atomic E-state index is 13.7. The van der Waals surface area contributed by atoms with Crippen LogP contribution < -0.4 is 10.2 Å². The van der Waals surface area contributed by atoms with Gasteiger partial charge in [-0.2, -0.15) is 0 Å². The van der Waals surface area contributed by atoms with Crippen molar-refractivity contribution < 1.29 is 82.6 Å². The van der Waals surface area contributed by atoms with Crippen LogP contribution in [0.5, 0.6) is 23.0 Å². The third kappa shape index (κ3) is 7.75. The number of fused-ring (bicyclic) bond motifs is 1. The molecule has 2 aromatic carbocycles. The van der Waals surface area contributed by atoms with Gasteiger partial charge in [-0.15, -0.1) is 0 Å². The molecule has 0 spiro atoms. The number of esters is 3. The molecule has 6 N–H and O–H groups in total. The summed E-state index contributed by atoms with van der Waals surface area (Å²) < 4.78 is 44.4. The highest BCUT2D eigenvalue weighted by molar-refractivity contribution is 5.88. The van der Waals surface area contributed by atoms with E-state index >= 15 is 0 Å². The van der Waals surface area contributed by atoms with Crippen molar-refractivity contribution in [3.63, 3.8) is 0 Å². The van der Waals surface area contributed by atoms with Crippen LogP contribution in [0.2, 0.25) is 0 Å². The molecular formula is C32H34O18. The maximum atomic E-state index is 13.7. The minimum atomic E-state index is -1.98. The minimum absolute atomic E-state index is 0.125. The lowest BCUT2D eigenvalue weighted by molar-refractivity contribution is -0.290. The molecule has 270 valence electrons. The molecule has 9 atom stereocenters. The average Bonchev–Trinajstić information content (AvgIpc) is 3.34. The minimum Gasteiger partial charge on any atom is -0.508 e. The van der Waals surface area contributed by atoms with E-state index in [2.05, 4.69) is 0 Å². The van der Waals surface area contributed by atoms with Crippen molar-refractivity contribution in [2.24, 2.45) is 0 Å². The second-order valence-corrected chi connectivity index (χ2v) is 11.4. The van der Waals surface area contributed by atoms with Crippen molar-refractivity contribution in [2.75, 3.05) is 13.2 Å². The van der Waals surface area contributed by atoms with Crippen molar-refractivity contribution in [1.82, 2.24) is 0 Å². The number of carbonyl (C=O) groups is 3.